The number of carbonyl (C=O) groups excluding carboxylic acids is 2. The van der Waals surface area contributed by atoms with Crippen molar-refractivity contribution < 1.29 is 114 Å². The van der Waals surface area contributed by atoms with Gasteiger partial charge in [0.05, 0.1) is 0 Å². The van der Waals surface area contributed by atoms with E-state index >= 15 is 0 Å². The Morgan fingerprint density at radius 1 is 1.00 bits per heavy atom. The van der Waals surface area contributed by atoms with Crippen molar-refractivity contribution in [3.8, 4) is 0 Å². The molecule has 0 aromatic carbocycles. The van der Waals surface area contributed by atoms with Crippen molar-refractivity contribution in [2.75, 3.05) is 0 Å². The largest absolute Gasteiger partial charge is 1.00 e. The van der Waals surface area contributed by atoms with Crippen LogP contribution in [-0.4, -0.2) is 12.1 Å². The minimum absolute atomic E-state index is 0. The van der Waals surface area contributed by atoms with E-state index in [1.165, 1.54) is 0 Å². The Hall–Kier alpha value is 1.74. The van der Waals surface area contributed by atoms with E-state index in [0.29, 0.717) is 6.42 Å². The van der Waals surface area contributed by atoms with Crippen molar-refractivity contribution >= 4 is 12.1 Å². The average molecular weight is 216 g/mol. The molecule has 0 unspecified atom stereocenters. The fourth-order valence-corrected chi connectivity index (χ4v) is 0.204. The molecule has 0 amide bonds. The first-order chi connectivity index (χ1) is 4.50. The van der Waals surface area contributed by atoms with Crippen LogP contribution >= 0.6 is 0 Å². The molecule has 0 spiro atoms. The van der Waals surface area contributed by atoms with E-state index < -0.39 is 12.1 Å². The summed E-state index contributed by atoms with van der Waals surface area (Å²) in [6.45, 7) is 1.80. The molecule has 0 rings (SSSR count). The average Bonchev–Trinajstić information content (AvgIpc) is 1.62. The van der Waals surface area contributed by atoms with Crippen LogP contribution in [-0.2, 0) is 4.79 Å². The number of hydrogen-bond donors (Lipinski definition) is 0. The summed E-state index contributed by atoms with van der Waals surface area (Å²) in [4.78, 5) is 17.8. The number of carbonyl (C=O) groups is 2. The second-order valence-electron chi connectivity index (χ2n) is 1.37. The number of rotatable bonds is 2. The van der Waals surface area contributed by atoms with Gasteiger partial charge in [-0.3, -0.25) is 0 Å². The fraction of sp³-hybridized carbons (Fsp3) is 0.600. The summed E-state index contributed by atoms with van der Waals surface area (Å²) in [5.74, 6) is -0.961. The van der Waals surface area contributed by atoms with Gasteiger partial charge in [-0.1, -0.05) is 13.3 Å². The second kappa shape index (κ2) is 23.5. The van der Waals surface area contributed by atoms with Gasteiger partial charge < -0.3 is 24.9 Å². The molecule has 0 N–H and O–H groups in total. The number of aliphatic carboxylic acids is 1. The summed E-state index contributed by atoms with van der Waals surface area (Å²) < 4.78 is 0. The molecule has 0 atom stereocenters. The van der Waals surface area contributed by atoms with Gasteiger partial charge in [0.25, 0.3) is 0 Å². The van der Waals surface area contributed by atoms with E-state index in [9.17, 15) is 9.90 Å². The molecule has 0 fully saturated rings. The molecule has 8 heteroatoms. The van der Waals surface area contributed by atoms with E-state index in [1.54, 1.807) is 6.92 Å². The monoisotopic (exact) mass is 216 g/mol. The molecule has 0 radical (unpaired) electrons. The van der Waals surface area contributed by atoms with Crippen LogP contribution < -0.4 is 104 Å². The molecule has 0 saturated heterocycles. The summed E-state index contributed by atoms with van der Waals surface area (Å²) in [7, 11) is 0. The van der Waals surface area contributed by atoms with Gasteiger partial charge in [-0.25, -0.2) is 0 Å². The molecule has 0 aromatic rings. The van der Waals surface area contributed by atoms with E-state index in [0.717, 1.165) is 0 Å². The van der Waals surface area contributed by atoms with E-state index in [2.05, 4.69) is 0 Å². The van der Waals surface area contributed by atoms with Gasteiger partial charge in [0.15, 0.2) is 0 Å². The van der Waals surface area contributed by atoms with Crippen LogP contribution in [0.25, 0.3) is 0 Å². The molecule has 0 aromatic heterocycles. The molecular weight excluding hydrogens is 209 g/mol. The SMILES string of the molecule is CCCC(=O)[O-].O=C([O-])[O-].[Na+].[Na+].[Na+]. The quantitative estimate of drug-likeness (QED) is 0.426. The molecule has 13 heavy (non-hydrogen) atoms. The standard InChI is InChI=1S/C4H8O2.CH2O3.3Na/c1-2-3-4(5)6;2-1(3)4;;;/h2-3H2,1H3,(H,5,6);(H2,2,3,4);;;/q;;3*+1/p-3. The number of hydrogen-bond acceptors (Lipinski definition) is 5. The van der Waals surface area contributed by atoms with Crippen LogP contribution in [0, 0.1) is 0 Å². The molecule has 0 aliphatic heterocycles. The molecule has 0 heterocycles. The Morgan fingerprint density at radius 3 is 1.23 bits per heavy atom. The molecule has 0 bridgehead atoms. The molecule has 0 aliphatic rings. The Balaban J connectivity index is -0.0000000279. The van der Waals surface area contributed by atoms with Crippen LogP contribution in [0.4, 0.5) is 4.79 Å². The smallest absolute Gasteiger partial charge is 0.652 e. The Kier molecular flexibility index (Phi) is 53.0. The predicted octanol–water partition coefficient (Wildman–Crippen LogP) is -11.9. The first kappa shape index (κ1) is 29.3. The van der Waals surface area contributed by atoms with Crippen LogP contribution in [0.5, 0.6) is 0 Å². The Bertz CT molecular complexity index is 115. The summed E-state index contributed by atoms with van der Waals surface area (Å²) >= 11 is 0. The maximum atomic E-state index is 9.49. The van der Waals surface area contributed by atoms with E-state index in [-0.39, 0.29) is 95.1 Å². The van der Waals surface area contributed by atoms with Crippen molar-refractivity contribution in [1.29, 1.82) is 0 Å². The Labute approximate surface area is 143 Å². The minimum atomic E-state index is -2.33. The van der Waals surface area contributed by atoms with Crippen LogP contribution in [0.15, 0.2) is 0 Å². The molecule has 0 saturated carbocycles. The zero-order valence-corrected chi connectivity index (χ0v) is 14.5. The summed E-state index contributed by atoms with van der Waals surface area (Å²) in [5.41, 5.74) is 0. The van der Waals surface area contributed by atoms with E-state index in [4.69, 9.17) is 15.0 Å². The van der Waals surface area contributed by atoms with Crippen molar-refractivity contribution in [1.82, 2.24) is 0 Å². The van der Waals surface area contributed by atoms with Crippen LogP contribution in [0.3, 0.4) is 0 Å². The maximum Gasteiger partial charge on any atom is 1.00 e. The molecule has 5 nitrogen and oxygen atoms in total. The zero-order valence-electron chi connectivity index (χ0n) is 8.46. The fourth-order valence-electron chi connectivity index (χ4n) is 0.204. The summed E-state index contributed by atoms with van der Waals surface area (Å²) in [5, 5.41) is 26.2. The van der Waals surface area contributed by atoms with E-state index in [1.807, 2.05) is 0 Å². The summed E-state index contributed by atoms with van der Waals surface area (Å²) in [6.07, 6.45) is -1.48. The van der Waals surface area contributed by atoms with Gasteiger partial charge in [0, 0.05) is 5.97 Å². The molecule has 60 valence electrons. The predicted molar refractivity (Wildman–Crippen MR) is 25.3 cm³/mol. The van der Waals surface area contributed by atoms with Gasteiger partial charge in [-0.2, -0.15) is 0 Å². The van der Waals surface area contributed by atoms with Crippen LogP contribution in [0.2, 0.25) is 0 Å². The normalized spacial score (nSPS) is 5.62. The minimum Gasteiger partial charge on any atom is -0.652 e. The second-order valence-corrected chi connectivity index (χ2v) is 1.37. The third-order valence-corrected chi connectivity index (χ3v) is 0.454. The Morgan fingerprint density at radius 2 is 1.23 bits per heavy atom. The number of carboxylic acid groups (broad SMARTS) is 3. The van der Waals surface area contributed by atoms with Gasteiger partial charge in [0.2, 0.25) is 0 Å². The first-order valence-corrected chi connectivity index (χ1v) is 2.58. The third kappa shape index (κ3) is 84.3. The van der Waals surface area contributed by atoms with Gasteiger partial charge in [0.1, 0.15) is 0 Å². The van der Waals surface area contributed by atoms with Crippen molar-refractivity contribution in [3.05, 3.63) is 0 Å². The maximum absolute atomic E-state index is 9.49. The first-order valence-electron chi connectivity index (χ1n) is 2.58. The third-order valence-electron chi connectivity index (χ3n) is 0.454. The van der Waals surface area contributed by atoms with Gasteiger partial charge in [-0.05, 0) is 12.6 Å². The molecule has 0 aliphatic carbocycles. The van der Waals surface area contributed by atoms with Crippen molar-refractivity contribution in [3.63, 3.8) is 0 Å². The van der Waals surface area contributed by atoms with Crippen LogP contribution in [0.1, 0.15) is 19.8 Å². The zero-order chi connectivity index (χ0) is 8.57. The topological polar surface area (TPSA) is 103 Å². The van der Waals surface area contributed by atoms with Gasteiger partial charge in [-0.15, -0.1) is 0 Å². The van der Waals surface area contributed by atoms with Crippen molar-refractivity contribution in [2.24, 2.45) is 0 Å². The molecular formula is C5H7Na3O5. The van der Waals surface area contributed by atoms with Crippen molar-refractivity contribution in [2.45, 2.75) is 19.8 Å². The number of carboxylic acids is 1. The van der Waals surface area contributed by atoms with Gasteiger partial charge >= 0.3 is 88.7 Å². The summed E-state index contributed by atoms with van der Waals surface area (Å²) in [6, 6.07) is 0.